The van der Waals surface area contributed by atoms with Gasteiger partial charge in [-0.2, -0.15) is 13.5 Å². The number of fused-ring (bicyclic) bond motifs is 1. The fraction of sp³-hybridized carbons (Fsp3) is 0.441. The lowest BCUT2D eigenvalue weighted by Gasteiger charge is -2.15. The van der Waals surface area contributed by atoms with E-state index in [-0.39, 0.29) is 48.7 Å². The SMILES string of the molecule is COC(=O)CSc1cc(N=c2sc(=O)n3n2CCCC3)c(F)cc1Cl.C[S+](C)C.Cc1nn(-c2cc(CC(Cl)C(=O)O)c(Cl)cc2F)c(=O)n1C(F)F.O=C(O)CNCP(=O)([O-])O. The fourth-order valence-electron chi connectivity index (χ4n) is 4.77. The van der Waals surface area contributed by atoms with Gasteiger partial charge in [0, 0.05) is 29.4 Å². The largest absolute Gasteiger partial charge is 0.778 e. The first-order valence-electron chi connectivity index (χ1n) is 17.6. The van der Waals surface area contributed by atoms with Gasteiger partial charge in [-0.15, -0.1) is 28.5 Å². The number of nitrogens with one attached hydrogen (secondary N) is 1. The molecule has 4 N–H and O–H groups in total. The average Bonchev–Trinajstić information content (AvgIpc) is 3.65. The third-order valence-electron chi connectivity index (χ3n) is 7.46. The molecule has 3 heterocycles. The van der Waals surface area contributed by atoms with Crippen molar-refractivity contribution in [1.82, 2.24) is 29.0 Å². The van der Waals surface area contributed by atoms with Crippen LogP contribution >= 0.6 is 65.5 Å². The van der Waals surface area contributed by atoms with Crippen molar-refractivity contribution < 1.29 is 61.2 Å². The molecule has 350 valence electrons. The molecule has 0 saturated heterocycles. The second-order valence-corrected chi connectivity index (χ2v) is 20.3. The molecule has 2 unspecified atom stereocenters. The van der Waals surface area contributed by atoms with Crippen LogP contribution in [0, 0.1) is 18.6 Å². The highest BCUT2D eigenvalue weighted by Crippen LogP contribution is 2.33. The predicted molar refractivity (Wildman–Crippen MR) is 230 cm³/mol. The zero-order chi connectivity index (χ0) is 47.9. The summed E-state index contributed by atoms with van der Waals surface area (Å²) in [4.78, 5) is 79.0. The average molecular weight is 1030 g/mol. The number of aliphatic carboxylic acids is 2. The molecule has 1 aliphatic heterocycles. The van der Waals surface area contributed by atoms with Gasteiger partial charge in [-0.05, 0) is 71.8 Å². The van der Waals surface area contributed by atoms with Crippen molar-refractivity contribution >= 4 is 100.0 Å². The molecule has 0 spiro atoms. The Balaban J connectivity index is 0.000000335. The Bertz CT molecular complexity index is 2480. The first kappa shape index (κ1) is 55.5. The number of esters is 1. The highest BCUT2D eigenvalue weighted by molar-refractivity contribution is 8.00. The van der Waals surface area contributed by atoms with Gasteiger partial charge in [-0.1, -0.05) is 23.2 Å². The number of rotatable bonds is 13. The van der Waals surface area contributed by atoms with Crippen molar-refractivity contribution in [3.63, 3.8) is 0 Å². The summed E-state index contributed by atoms with van der Waals surface area (Å²) in [5.74, 6) is -4.70. The number of carboxylic acid groups (broad SMARTS) is 2. The van der Waals surface area contributed by atoms with Crippen LogP contribution in [-0.2, 0) is 54.1 Å². The van der Waals surface area contributed by atoms with E-state index < -0.39 is 73.3 Å². The normalized spacial score (nSPS) is 13.7. The number of hydrogen-bond donors (Lipinski definition) is 4. The van der Waals surface area contributed by atoms with Crippen LogP contribution in [0.25, 0.3) is 5.69 Å². The van der Waals surface area contributed by atoms with E-state index in [0.29, 0.717) is 38.4 Å². The highest BCUT2D eigenvalue weighted by Gasteiger charge is 2.23. The summed E-state index contributed by atoms with van der Waals surface area (Å²) in [6, 6.07) is 4.53. The van der Waals surface area contributed by atoms with Crippen molar-refractivity contribution in [3.8, 4) is 5.69 Å². The van der Waals surface area contributed by atoms with Crippen LogP contribution in [0.1, 0.15) is 30.8 Å². The number of hydrogen-bond acceptors (Lipinski definition) is 13. The molecule has 1 aliphatic rings. The van der Waals surface area contributed by atoms with E-state index in [1.54, 1.807) is 9.36 Å². The molecule has 2 atom stereocenters. The topological polar surface area (TPSA) is 252 Å². The molecule has 29 heteroatoms. The minimum atomic E-state index is -4.35. The standard InChI is InChI=1S/C15H15ClFN3O3S2.C13H10Cl2F3N3O3.C3H8NO5P.C3H9S/c1-23-13(21)8-24-12-7-11(10(17)6-9(12)16)18-14-19-4-2-3-5-20(19)15(22)25-14;1-5-19-21(13(24)20(5)12(17)18)10-3-6(2-8(15)11(22)23)7(14)4-9(10)16;5-3(6)1-4-2-10(7,8)9;1-4(2)3/h6-7H,2-5,8H2,1H3;3-4,8,12H,2H2,1H3,(H,22,23);4H,1-2H2,(H,5,6)(H2,7,8,9);1-3H3/q;;;+1/p-1. The Morgan fingerprint density at radius 1 is 1.06 bits per heavy atom. The summed E-state index contributed by atoms with van der Waals surface area (Å²) >= 11 is 19.6. The van der Waals surface area contributed by atoms with Crippen molar-refractivity contribution in [2.75, 3.05) is 44.5 Å². The van der Waals surface area contributed by atoms with Gasteiger partial charge in [0.2, 0.25) is 4.80 Å². The molecule has 18 nitrogen and oxygen atoms in total. The highest BCUT2D eigenvalue weighted by atomic mass is 35.5. The maximum atomic E-state index is 14.3. The van der Waals surface area contributed by atoms with Crippen molar-refractivity contribution in [2.24, 2.45) is 4.99 Å². The van der Waals surface area contributed by atoms with Gasteiger partial charge in [0.05, 0.1) is 49.5 Å². The summed E-state index contributed by atoms with van der Waals surface area (Å²) < 4.78 is 72.5. The second kappa shape index (κ2) is 25.7. The van der Waals surface area contributed by atoms with E-state index >= 15 is 0 Å². The van der Waals surface area contributed by atoms with Gasteiger partial charge in [0.15, 0.2) is 5.82 Å². The van der Waals surface area contributed by atoms with Crippen LogP contribution < -0.4 is 25.6 Å². The number of thioether (sulfide) groups is 1. The second-order valence-electron chi connectivity index (χ2n) is 12.9. The molecule has 2 aromatic carbocycles. The van der Waals surface area contributed by atoms with Crippen LogP contribution in [-0.4, -0.2) is 107 Å². The van der Waals surface area contributed by atoms with Gasteiger partial charge in [0.25, 0.3) is 0 Å². The minimum Gasteiger partial charge on any atom is -0.778 e. The van der Waals surface area contributed by atoms with Crippen LogP contribution in [0.3, 0.4) is 0 Å². The number of aromatic nitrogens is 5. The summed E-state index contributed by atoms with van der Waals surface area (Å²) in [6.07, 6.45) is 7.51. The Morgan fingerprint density at radius 2 is 1.65 bits per heavy atom. The number of carboxylic acids is 2. The molecule has 5 rings (SSSR count). The Hall–Kier alpha value is -3.65. The quantitative estimate of drug-likeness (QED) is 0.0366. The molecule has 2 aromatic heterocycles. The number of halogens is 7. The van der Waals surface area contributed by atoms with Crippen molar-refractivity contribution in [1.29, 1.82) is 0 Å². The van der Waals surface area contributed by atoms with E-state index in [4.69, 9.17) is 49.9 Å². The van der Waals surface area contributed by atoms with Gasteiger partial charge in [0.1, 0.15) is 36.0 Å². The fourth-order valence-corrected chi connectivity index (χ4v) is 7.55. The molecule has 0 fully saturated rings. The number of alkyl halides is 3. The Kier molecular flexibility index (Phi) is 22.7. The maximum absolute atomic E-state index is 14.3. The maximum Gasteiger partial charge on any atom is 0.355 e. The zero-order valence-electron chi connectivity index (χ0n) is 33.7. The third kappa shape index (κ3) is 18.0. The molecule has 0 radical (unpaired) electrons. The van der Waals surface area contributed by atoms with Crippen LogP contribution in [0.5, 0.6) is 0 Å². The molecule has 0 bridgehead atoms. The molecule has 0 amide bonds. The van der Waals surface area contributed by atoms with E-state index in [1.807, 2.05) is 5.32 Å². The summed E-state index contributed by atoms with van der Waals surface area (Å²) in [6.45, 7) is -1.13. The van der Waals surface area contributed by atoms with E-state index in [0.717, 1.165) is 61.1 Å². The van der Waals surface area contributed by atoms with Crippen LogP contribution in [0.2, 0.25) is 10.0 Å². The third-order valence-corrected chi connectivity index (χ3v) is 11.1. The number of ether oxygens (including phenoxy) is 1. The first-order valence-corrected chi connectivity index (χ1v) is 24.8. The van der Waals surface area contributed by atoms with Crippen molar-refractivity contribution in [2.45, 2.75) is 56.1 Å². The molecule has 0 aliphatic carbocycles. The lowest BCUT2D eigenvalue weighted by Crippen LogP contribution is -2.31. The zero-order valence-corrected chi connectivity index (χ0v) is 39.3. The number of aryl methyl sites for hydroxylation is 1. The Labute approximate surface area is 381 Å². The molecule has 4 aromatic rings. The molecular weight excluding hydrogens is 992 g/mol. The minimum absolute atomic E-state index is 0.0605. The Morgan fingerprint density at radius 3 is 2.17 bits per heavy atom. The molecule has 63 heavy (non-hydrogen) atoms. The van der Waals surface area contributed by atoms with Gasteiger partial charge >= 0.3 is 35.0 Å². The lowest BCUT2D eigenvalue weighted by atomic mass is 10.1. The lowest BCUT2D eigenvalue weighted by molar-refractivity contribution is -0.193. The van der Waals surface area contributed by atoms with E-state index in [2.05, 4.69) is 33.6 Å². The first-order chi connectivity index (χ1) is 29.3. The monoisotopic (exact) mass is 1030 g/mol. The van der Waals surface area contributed by atoms with Crippen LogP contribution in [0.15, 0.2) is 43.7 Å². The van der Waals surface area contributed by atoms with Crippen molar-refractivity contribution in [3.05, 3.63) is 82.3 Å². The smallest absolute Gasteiger partial charge is 0.355 e. The number of carbonyl (C=O) groups is 3. The number of methoxy groups -OCH3 is 1. The van der Waals surface area contributed by atoms with Crippen LogP contribution in [0.4, 0.5) is 23.2 Å². The number of nitrogens with zero attached hydrogens (tertiary/aromatic N) is 6. The van der Waals surface area contributed by atoms with E-state index in [1.165, 1.54) is 13.2 Å². The van der Waals surface area contributed by atoms with Gasteiger partial charge < -0.3 is 29.3 Å². The van der Waals surface area contributed by atoms with Gasteiger partial charge in [-0.3, -0.25) is 29.2 Å². The summed E-state index contributed by atoms with van der Waals surface area (Å²) in [5, 5.41) is 21.1. The summed E-state index contributed by atoms with van der Waals surface area (Å²) in [5.41, 5.74) is -1.46. The van der Waals surface area contributed by atoms with Gasteiger partial charge in [-0.25, -0.2) is 27.8 Å². The predicted octanol–water partition coefficient (Wildman–Crippen LogP) is 4.22. The molecule has 0 saturated carbocycles. The van der Waals surface area contributed by atoms with E-state index in [9.17, 15) is 51.0 Å². The summed E-state index contributed by atoms with van der Waals surface area (Å²) in [7, 11) is -2.41. The number of benzene rings is 2. The number of carbonyl (C=O) groups excluding carboxylic acids is 1. The molecular formula is C34H41Cl3F4N7O11PS3.